The van der Waals surface area contributed by atoms with Gasteiger partial charge in [-0.3, -0.25) is 9.78 Å². The van der Waals surface area contributed by atoms with Crippen LogP contribution in [0.25, 0.3) is 15.7 Å². The number of hydrogen-bond acceptors (Lipinski definition) is 5. The highest BCUT2D eigenvalue weighted by molar-refractivity contribution is 6.25. The molecule has 2 aromatic carbocycles. The van der Waals surface area contributed by atoms with Crippen LogP contribution in [0.1, 0.15) is 12.0 Å². The van der Waals surface area contributed by atoms with E-state index in [9.17, 15) is 19.6 Å². The number of carbonyl (C=O) groups excluding carboxylic acids is 3. The molecule has 0 spiro atoms. The van der Waals surface area contributed by atoms with Crippen LogP contribution < -0.4 is 10.2 Å². The predicted octanol–water partition coefficient (Wildman–Crippen LogP) is 3.48. The number of benzene rings is 2. The first-order chi connectivity index (χ1) is 17.0. The molecule has 3 aliphatic heterocycles. The van der Waals surface area contributed by atoms with Crippen LogP contribution >= 0.6 is 0 Å². The van der Waals surface area contributed by atoms with Crippen LogP contribution in [0.4, 0.5) is 26.7 Å². The first kappa shape index (κ1) is 20.6. The van der Waals surface area contributed by atoms with Gasteiger partial charge in [-0.15, -0.1) is 0 Å². The molecule has 2 unspecified atom stereocenters. The van der Waals surface area contributed by atoms with Crippen molar-refractivity contribution >= 4 is 45.9 Å². The highest BCUT2D eigenvalue weighted by Gasteiger charge is 2.63. The van der Waals surface area contributed by atoms with Gasteiger partial charge in [-0.25, -0.2) is 19.3 Å². The number of hydrogen-bond donors (Lipinski definition) is 1. The second-order valence-corrected chi connectivity index (χ2v) is 8.65. The fraction of sp³-hybridized carbons (Fsp3) is 0.200. The second-order valence-electron chi connectivity index (χ2n) is 8.65. The fourth-order valence-electron chi connectivity index (χ4n) is 5.37. The van der Waals surface area contributed by atoms with Crippen molar-refractivity contribution in [3.8, 4) is 6.07 Å². The van der Waals surface area contributed by atoms with Gasteiger partial charge in [0.1, 0.15) is 12.1 Å². The summed E-state index contributed by atoms with van der Waals surface area (Å²) in [5.41, 5.74) is 2.19. The second kappa shape index (κ2) is 7.54. The van der Waals surface area contributed by atoms with Gasteiger partial charge in [0.2, 0.25) is 0 Å². The lowest BCUT2D eigenvalue weighted by Crippen LogP contribution is -2.55. The number of nitrogens with zero attached hydrogens (tertiary/aromatic N) is 6. The number of anilines is 2. The minimum atomic E-state index is -0.765. The normalized spacial score (nSPS) is 22.3. The maximum absolute atomic E-state index is 13.6. The van der Waals surface area contributed by atoms with E-state index < -0.39 is 24.0 Å². The van der Waals surface area contributed by atoms with Crippen LogP contribution in [-0.4, -0.2) is 57.4 Å². The molecule has 6 rings (SSSR count). The first-order valence-corrected chi connectivity index (χ1v) is 11.0. The fourth-order valence-corrected chi connectivity index (χ4v) is 5.37. The molecule has 0 saturated carbocycles. The van der Waals surface area contributed by atoms with Crippen molar-refractivity contribution in [2.75, 3.05) is 16.8 Å². The summed E-state index contributed by atoms with van der Waals surface area (Å²) in [7, 11) is 0. The molecule has 1 N–H and O–H groups in total. The molecule has 170 valence electrons. The number of fused-ring (bicyclic) bond motifs is 6. The minimum Gasteiger partial charge on any atom is -0.317 e. The molecule has 2 bridgehead atoms. The van der Waals surface area contributed by atoms with Crippen molar-refractivity contribution in [2.24, 2.45) is 0 Å². The van der Waals surface area contributed by atoms with Crippen LogP contribution in [0.3, 0.4) is 0 Å². The number of likely N-dealkylation sites (tertiary alicyclic amines) is 1. The molecule has 4 heterocycles. The molecule has 0 radical (unpaired) electrons. The van der Waals surface area contributed by atoms with E-state index in [-0.39, 0.29) is 12.1 Å². The van der Waals surface area contributed by atoms with Crippen LogP contribution in [0.2, 0.25) is 0 Å². The largest absolute Gasteiger partial charge is 0.332 e. The third-order valence-electron chi connectivity index (χ3n) is 6.88. The molecule has 0 aliphatic carbocycles. The maximum Gasteiger partial charge on any atom is 0.332 e. The summed E-state index contributed by atoms with van der Waals surface area (Å²) in [5.74, 6) is -0.392. The quantitative estimate of drug-likeness (QED) is 0.462. The summed E-state index contributed by atoms with van der Waals surface area (Å²) in [5, 5.41) is 12.8. The van der Waals surface area contributed by atoms with Crippen molar-refractivity contribution < 1.29 is 14.4 Å². The van der Waals surface area contributed by atoms with Gasteiger partial charge in [-0.1, -0.05) is 12.1 Å². The average molecular weight is 463 g/mol. The Kier molecular flexibility index (Phi) is 4.44. The number of carbonyl (C=O) groups is 3. The molecule has 5 amide bonds. The van der Waals surface area contributed by atoms with Gasteiger partial charge in [0.15, 0.2) is 5.69 Å². The molecule has 10 nitrogen and oxygen atoms in total. The number of nitrogens with one attached hydrogen (secondary N) is 1. The summed E-state index contributed by atoms with van der Waals surface area (Å²) in [4.78, 5) is 52.0. The average Bonchev–Trinajstić information content (AvgIpc) is 3.55. The topological polar surface area (TPSA) is 114 Å². The van der Waals surface area contributed by atoms with Crippen LogP contribution in [0, 0.1) is 17.9 Å². The maximum atomic E-state index is 13.6. The Morgan fingerprint density at radius 2 is 1.97 bits per heavy atom. The van der Waals surface area contributed by atoms with E-state index in [1.54, 1.807) is 64.5 Å². The van der Waals surface area contributed by atoms with E-state index in [0.29, 0.717) is 46.5 Å². The molecule has 3 saturated heterocycles. The van der Waals surface area contributed by atoms with Gasteiger partial charge in [-0.05, 0) is 42.8 Å². The van der Waals surface area contributed by atoms with Gasteiger partial charge in [0.25, 0.3) is 5.91 Å². The molecule has 3 aliphatic rings. The summed E-state index contributed by atoms with van der Waals surface area (Å²) >= 11 is 0. The van der Waals surface area contributed by atoms with Gasteiger partial charge in [0, 0.05) is 23.8 Å². The van der Waals surface area contributed by atoms with E-state index in [0.717, 1.165) is 4.90 Å². The highest BCUT2D eigenvalue weighted by Crippen LogP contribution is 2.43. The third kappa shape index (κ3) is 2.94. The summed E-state index contributed by atoms with van der Waals surface area (Å²) < 4.78 is 0. The summed E-state index contributed by atoms with van der Waals surface area (Å²) in [6, 6.07) is 13.0. The Balaban J connectivity index is 1.29. The lowest BCUT2D eigenvalue weighted by Gasteiger charge is -2.34. The number of imide groups is 1. The number of urea groups is 2. The summed E-state index contributed by atoms with van der Waals surface area (Å²) in [6.45, 7) is 7.37. The van der Waals surface area contributed by atoms with Crippen molar-refractivity contribution in [3.05, 3.63) is 71.7 Å². The Morgan fingerprint density at radius 1 is 1.17 bits per heavy atom. The minimum absolute atomic E-state index is 0.260. The lowest BCUT2D eigenvalue weighted by molar-refractivity contribution is -0.120. The highest BCUT2D eigenvalue weighted by atomic mass is 16.2. The van der Waals surface area contributed by atoms with Gasteiger partial charge < -0.3 is 15.1 Å². The van der Waals surface area contributed by atoms with E-state index in [2.05, 4.69) is 21.2 Å². The number of pyridine rings is 1. The Hall–Kier alpha value is -4.96. The molecule has 10 heteroatoms. The van der Waals surface area contributed by atoms with E-state index in [1.807, 2.05) is 0 Å². The van der Waals surface area contributed by atoms with Crippen LogP contribution in [-0.2, 0) is 4.79 Å². The standard InChI is InChI=1S/C25H17N7O3/c1-27-15-5-7-16(8-6-15)29-24(34)30-13-17-11-20(30)22-23(33)32(25(35)31(17)22)19-9-4-14(12-26)21-18(19)3-2-10-28-21/h2-10,17,20,22H,11,13H2,(H,29,34)/t17-,20?,22?/m1/s1. The number of aromatic nitrogens is 1. The van der Waals surface area contributed by atoms with Crippen LogP contribution in [0.15, 0.2) is 54.7 Å². The Bertz CT molecular complexity index is 1500. The smallest absolute Gasteiger partial charge is 0.317 e. The van der Waals surface area contributed by atoms with Gasteiger partial charge in [-0.2, -0.15) is 5.26 Å². The molecule has 3 atom stereocenters. The van der Waals surface area contributed by atoms with Crippen molar-refractivity contribution in [1.82, 2.24) is 14.8 Å². The molecular weight excluding hydrogens is 446 g/mol. The zero-order valence-electron chi connectivity index (χ0n) is 18.3. The lowest BCUT2D eigenvalue weighted by atomic mass is 10.1. The van der Waals surface area contributed by atoms with E-state index in [1.165, 1.54) is 0 Å². The Morgan fingerprint density at radius 3 is 2.71 bits per heavy atom. The molecule has 3 aromatic rings. The molecule has 1 aromatic heterocycles. The molecule has 35 heavy (non-hydrogen) atoms. The molecular formula is C25H17N7O3. The SMILES string of the molecule is [C-]#[N+]c1ccc(NC(=O)N2C[C@H]3CC2C2C(=O)N(c4ccc(C#N)c5ncccc45)C(=O)N23)cc1. The molecule has 3 fully saturated rings. The van der Waals surface area contributed by atoms with Gasteiger partial charge in [0.05, 0.1) is 35.4 Å². The number of amides is 5. The summed E-state index contributed by atoms with van der Waals surface area (Å²) in [6.07, 6.45) is 2.10. The third-order valence-corrected chi connectivity index (χ3v) is 6.88. The zero-order valence-corrected chi connectivity index (χ0v) is 18.3. The number of nitriles is 1. The first-order valence-electron chi connectivity index (χ1n) is 11.0. The van der Waals surface area contributed by atoms with E-state index >= 15 is 0 Å². The number of piperazine rings is 1. The van der Waals surface area contributed by atoms with Crippen molar-refractivity contribution in [2.45, 2.75) is 24.5 Å². The van der Waals surface area contributed by atoms with Crippen molar-refractivity contribution in [3.63, 3.8) is 0 Å². The van der Waals surface area contributed by atoms with E-state index in [4.69, 9.17) is 6.57 Å². The Labute approximate surface area is 199 Å². The monoisotopic (exact) mass is 463 g/mol. The van der Waals surface area contributed by atoms with Gasteiger partial charge >= 0.3 is 12.1 Å². The predicted molar refractivity (Wildman–Crippen MR) is 126 cm³/mol. The van der Waals surface area contributed by atoms with Crippen molar-refractivity contribution in [1.29, 1.82) is 5.26 Å². The van der Waals surface area contributed by atoms with Crippen LogP contribution in [0.5, 0.6) is 0 Å². The zero-order chi connectivity index (χ0) is 24.3. The number of rotatable bonds is 2.